The van der Waals surface area contributed by atoms with Gasteiger partial charge in [0.05, 0.1) is 5.69 Å². The number of hydrogen-bond acceptors (Lipinski definition) is 3. The second-order valence-corrected chi connectivity index (χ2v) is 6.00. The molecule has 21 heavy (non-hydrogen) atoms. The van der Waals surface area contributed by atoms with Gasteiger partial charge in [0.25, 0.3) is 5.91 Å². The zero-order valence-corrected chi connectivity index (χ0v) is 13.1. The molecule has 0 aliphatic carbocycles. The largest absolute Gasteiger partial charge is 0.330 e. The molecule has 0 aliphatic rings. The van der Waals surface area contributed by atoms with Crippen LogP contribution in [0, 0.1) is 0 Å². The Bertz CT molecular complexity index is 832. The van der Waals surface area contributed by atoms with Gasteiger partial charge in [-0.15, -0.1) is 11.3 Å². The lowest BCUT2D eigenvalue weighted by atomic mass is 10.2. The van der Waals surface area contributed by atoms with Crippen molar-refractivity contribution >= 4 is 38.9 Å². The molecule has 0 radical (unpaired) electrons. The smallest absolute Gasteiger partial charge is 0.321 e. The summed E-state index contributed by atoms with van der Waals surface area (Å²) in [7, 11) is 0. The molecule has 0 spiro atoms. The van der Waals surface area contributed by atoms with Crippen LogP contribution in [0.4, 0.5) is 5.69 Å². The quantitative estimate of drug-likeness (QED) is 0.749. The predicted octanol–water partition coefficient (Wildman–Crippen LogP) is 3.24. The minimum atomic E-state index is -0.200. The fourth-order valence-electron chi connectivity index (χ4n) is 1.87. The molecule has 1 amide bonds. The number of carbonyl (C=O) groups excluding carboxylic acids is 1. The standard InChI is InChI=1S/C14H10BrN3O2S/c15-11-5-8-21-12(11)13(19)17-9-1-3-10(4-2-9)18-7-6-16-14(18)20/h1-8H,(H,16,20)(H,17,19). The van der Waals surface area contributed by atoms with E-state index in [9.17, 15) is 9.59 Å². The molecule has 3 rings (SSSR count). The third kappa shape index (κ3) is 2.84. The maximum atomic E-state index is 12.1. The molecule has 7 heteroatoms. The van der Waals surface area contributed by atoms with E-state index in [0.717, 1.165) is 10.2 Å². The number of nitrogens with zero attached hydrogens (tertiary/aromatic N) is 1. The van der Waals surface area contributed by atoms with Gasteiger partial charge >= 0.3 is 5.69 Å². The summed E-state index contributed by atoms with van der Waals surface area (Å²) in [6.07, 6.45) is 3.23. The van der Waals surface area contributed by atoms with Crippen LogP contribution < -0.4 is 11.0 Å². The van der Waals surface area contributed by atoms with Gasteiger partial charge < -0.3 is 10.3 Å². The Morgan fingerprint density at radius 1 is 1.24 bits per heavy atom. The van der Waals surface area contributed by atoms with Gasteiger partial charge in [-0.1, -0.05) is 0 Å². The Hall–Kier alpha value is -2.12. The molecule has 2 aromatic heterocycles. The SMILES string of the molecule is O=C(Nc1ccc(-n2cc[nH]c2=O)cc1)c1sccc1Br. The van der Waals surface area contributed by atoms with Crippen molar-refractivity contribution < 1.29 is 4.79 Å². The van der Waals surface area contributed by atoms with E-state index in [0.29, 0.717) is 10.6 Å². The van der Waals surface area contributed by atoms with E-state index in [4.69, 9.17) is 0 Å². The maximum absolute atomic E-state index is 12.1. The first-order valence-corrected chi connectivity index (χ1v) is 7.73. The number of thiophene rings is 1. The van der Waals surface area contributed by atoms with Crippen LogP contribution in [0.15, 0.2) is 57.4 Å². The molecule has 3 aromatic rings. The van der Waals surface area contributed by atoms with Crippen LogP contribution in [0.5, 0.6) is 0 Å². The molecular weight excluding hydrogens is 354 g/mol. The first-order chi connectivity index (χ1) is 10.1. The molecule has 0 aliphatic heterocycles. The third-order valence-electron chi connectivity index (χ3n) is 2.88. The van der Waals surface area contributed by atoms with E-state index in [1.165, 1.54) is 15.9 Å². The van der Waals surface area contributed by atoms with Crippen LogP contribution in [0.2, 0.25) is 0 Å². The topological polar surface area (TPSA) is 66.9 Å². The van der Waals surface area contributed by atoms with Crippen molar-refractivity contribution in [1.29, 1.82) is 0 Å². The highest BCUT2D eigenvalue weighted by Gasteiger charge is 2.11. The summed E-state index contributed by atoms with van der Waals surface area (Å²) in [5.41, 5.74) is 1.21. The minimum Gasteiger partial charge on any atom is -0.321 e. The normalized spacial score (nSPS) is 10.5. The summed E-state index contributed by atoms with van der Waals surface area (Å²) in [6, 6.07) is 8.89. The number of imidazole rings is 1. The first kappa shape index (κ1) is 13.8. The molecule has 106 valence electrons. The highest BCUT2D eigenvalue weighted by atomic mass is 79.9. The zero-order valence-electron chi connectivity index (χ0n) is 10.7. The van der Waals surface area contributed by atoms with Gasteiger partial charge in [-0.05, 0) is 51.6 Å². The number of amides is 1. The van der Waals surface area contributed by atoms with E-state index in [-0.39, 0.29) is 11.6 Å². The molecule has 1 aromatic carbocycles. The average Bonchev–Trinajstić information content (AvgIpc) is 3.08. The fraction of sp³-hybridized carbons (Fsp3) is 0. The molecular formula is C14H10BrN3O2S. The van der Waals surface area contributed by atoms with Crippen LogP contribution in [0.3, 0.4) is 0 Å². The van der Waals surface area contributed by atoms with Gasteiger partial charge in [-0.25, -0.2) is 4.79 Å². The summed E-state index contributed by atoms with van der Waals surface area (Å²) >= 11 is 4.71. The lowest BCUT2D eigenvalue weighted by Crippen LogP contribution is -2.14. The molecule has 5 nitrogen and oxygen atoms in total. The molecule has 0 fully saturated rings. The van der Waals surface area contributed by atoms with Crippen molar-refractivity contribution in [2.45, 2.75) is 0 Å². The summed E-state index contributed by atoms with van der Waals surface area (Å²) < 4.78 is 2.27. The van der Waals surface area contributed by atoms with Gasteiger partial charge in [-0.2, -0.15) is 0 Å². The molecule has 2 N–H and O–H groups in total. The summed E-state index contributed by atoms with van der Waals surface area (Å²) in [4.78, 5) is 26.8. The van der Waals surface area contributed by atoms with Crippen LogP contribution in [0.25, 0.3) is 5.69 Å². The fourth-order valence-corrected chi connectivity index (χ4v) is 3.32. The summed E-state index contributed by atoms with van der Waals surface area (Å²) in [5.74, 6) is -0.163. The monoisotopic (exact) mass is 363 g/mol. The van der Waals surface area contributed by atoms with Crippen molar-refractivity contribution in [3.63, 3.8) is 0 Å². The molecule has 0 atom stereocenters. The number of carbonyl (C=O) groups is 1. The van der Waals surface area contributed by atoms with Gasteiger partial charge in [0.1, 0.15) is 4.88 Å². The van der Waals surface area contributed by atoms with E-state index in [2.05, 4.69) is 26.2 Å². The highest BCUT2D eigenvalue weighted by molar-refractivity contribution is 9.10. The van der Waals surface area contributed by atoms with Gasteiger partial charge in [0, 0.05) is 22.6 Å². The van der Waals surface area contributed by atoms with E-state index in [1.807, 2.05) is 11.4 Å². The highest BCUT2D eigenvalue weighted by Crippen LogP contribution is 2.24. The van der Waals surface area contributed by atoms with Crippen LogP contribution in [-0.4, -0.2) is 15.5 Å². The van der Waals surface area contributed by atoms with Gasteiger partial charge in [-0.3, -0.25) is 9.36 Å². The Balaban J connectivity index is 1.79. The Morgan fingerprint density at radius 2 is 2.00 bits per heavy atom. The zero-order chi connectivity index (χ0) is 14.8. The number of halogens is 1. The van der Waals surface area contributed by atoms with E-state index >= 15 is 0 Å². The number of nitrogens with one attached hydrogen (secondary N) is 2. The van der Waals surface area contributed by atoms with Crippen LogP contribution in [0.1, 0.15) is 9.67 Å². The second kappa shape index (κ2) is 5.71. The van der Waals surface area contributed by atoms with Crippen molar-refractivity contribution in [3.05, 3.63) is 67.9 Å². The maximum Gasteiger partial charge on any atom is 0.330 e. The number of hydrogen-bond donors (Lipinski definition) is 2. The van der Waals surface area contributed by atoms with Crippen molar-refractivity contribution in [1.82, 2.24) is 9.55 Å². The van der Waals surface area contributed by atoms with Gasteiger partial charge in [0.15, 0.2) is 0 Å². The number of rotatable bonds is 3. The number of aromatic nitrogens is 2. The summed E-state index contributed by atoms with van der Waals surface area (Å²) in [6.45, 7) is 0. The van der Waals surface area contributed by atoms with E-state index in [1.54, 1.807) is 36.7 Å². The number of anilines is 1. The molecule has 0 unspecified atom stereocenters. The predicted molar refractivity (Wildman–Crippen MR) is 86.4 cm³/mol. The Labute approximate surface area is 132 Å². The van der Waals surface area contributed by atoms with Crippen LogP contribution in [-0.2, 0) is 0 Å². The second-order valence-electron chi connectivity index (χ2n) is 4.23. The first-order valence-electron chi connectivity index (χ1n) is 6.06. The number of benzene rings is 1. The average molecular weight is 364 g/mol. The third-order valence-corrected chi connectivity index (χ3v) is 4.71. The summed E-state index contributed by atoms with van der Waals surface area (Å²) in [5, 5.41) is 4.67. The lowest BCUT2D eigenvalue weighted by Gasteiger charge is -2.06. The molecule has 0 saturated heterocycles. The number of aromatic amines is 1. The molecule has 0 saturated carbocycles. The van der Waals surface area contributed by atoms with Crippen molar-refractivity contribution in [2.75, 3.05) is 5.32 Å². The minimum absolute atomic E-state index is 0.163. The number of H-pyrrole nitrogens is 1. The van der Waals surface area contributed by atoms with E-state index < -0.39 is 0 Å². The van der Waals surface area contributed by atoms with Crippen LogP contribution >= 0.6 is 27.3 Å². The van der Waals surface area contributed by atoms with Gasteiger partial charge in [0.2, 0.25) is 0 Å². The Kier molecular flexibility index (Phi) is 3.76. The Morgan fingerprint density at radius 3 is 2.57 bits per heavy atom. The molecule has 2 heterocycles. The van der Waals surface area contributed by atoms with Crippen molar-refractivity contribution in [3.8, 4) is 5.69 Å². The van der Waals surface area contributed by atoms with Crippen molar-refractivity contribution in [2.24, 2.45) is 0 Å². The lowest BCUT2D eigenvalue weighted by molar-refractivity contribution is 0.103. The molecule has 0 bridgehead atoms.